The number of ether oxygens (including phenoxy) is 1. The maximum Gasteiger partial charge on any atom is 0.225 e. The maximum atomic E-state index is 14.7. The van der Waals surface area contributed by atoms with E-state index >= 15 is 0 Å². The Morgan fingerprint density at radius 3 is 2.74 bits per heavy atom. The van der Waals surface area contributed by atoms with Crippen LogP contribution in [-0.4, -0.2) is 41.3 Å². The minimum atomic E-state index is -0.226. The summed E-state index contributed by atoms with van der Waals surface area (Å²) in [5.74, 6) is 0.495. The molecule has 0 amide bonds. The van der Waals surface area contributed by atoms with Gasteiger partial charge in [0.2, 0.25) is 5.95 Å². The molecule has 1 saturated heterocycles. The van der Waals surface area contributed by atoms with Gasteiger partial charge in [0.1, 0.15) is 5.82 Å². The molecule has 0 unspecified atom stereocenters. The Balaban J connectivity index is 1.34. The van der Waals surface area contributed by atoms with Crippen LogP contribution >= 0.6 is 11.6 Å². The molecule has 0 aliphatic carbocycles. The van der Waals surface area contributed by atoms with Gasteiger partial charge in [0.05, 0.1) is 18.7 Å². The summed E-state index contributed by atoms with van der Waals surface area (Å²) in [4.78, 5) is 15.8. The number of morpholine rings is 1. The molecule has 1 aliphatic heterocycles. The standard InChI is InChI=1S/C26H25ClFN5O/c1-17-14-20(32-26(30-17)33-10-12-34-13-11-33)4-2-18-15-21(5-7-23(18)28)31-24-8-9-29-25-16-19(27)3-6-22(24)25/h3,5-9,14-16H,2,4,10-13H2,1H3,(H,29,31). The minimum Gasteiger partial charge on any atom is -0.378 e. The van der Waals surface area contributed by atoms with E-state index in [9.17, 15) is 4.39 Å². The van der Waals surface area contributed by atoms with Crippen molar-refractivity contribution in [3.63, 3.8) is 0 Å². The van der Waals surface area contributed by atoms with Gasteiger partial charge in [-0.05, 0) is 73.9 Å². The fourth-order valence-electron chi connectivity index (χ4n) is 4.14. The van der Waals surface area contributed by atoms with E-state index in [1.54, 1.807) is 12.3 Å². The first-order valence-electron chi connectivity index (χ1n) is 11.3. The number of fused-ring (bicyclic) bond motifs is 1. The van der Waals surface area contributed by atoms with Crippen molar-refractivity contribution in [1.29, 1.82) is 0 Å². The largest absolute Gasteiger partial charge is 0.378 e. The number of anilines is 3. The molecule has 0 atom stereocenters. The quantitative estimate of drug-likeness (QED) is 0.396. The van der Waals surface area contributed by atoms with E-state index in [-0.39, 0.29) is 5.82 Å². The highest BCUT2D eigenvalue weighted by Gasteiger charge is 2.15. The molecule has 0 radical (unpaired) electrons. The van der Waals surface area contributed by atoms with Gasteiger partial charge >= 0.3 is 0 Å². The van der Waals surface area contributed by atoms with E-state index in [2.05, 4.69) is 20.2 Å². The van der Waals surface area contributed by atoms with Gasteiger partial charge < -0.3 is 15.0 Å². The first-order chi connectivity index (χ1) is 16.5. The summed E-state index contributed by atoms with van der Waals surface area (Å²) < 4.78 is 20.1. The number of halogens is 2. The smallest absolute Gasteiger partial charge is 0.225 e. The summed E-state index contributed by atoms with van der Waals surface area (Å²) >= 11 is 6.10. The average Bonchev–Trinajstić information content (AvgIpc) is 2.84. The molecule has 1 fully saturated rings. The van der Waals surface area contributed by atoms with Crippen molar-refractivity contribution in [1.82, 2.24) is 15.0 Å². The summed E-state index contributed by atoms with van der Waals surface area (Å²) in [6, 6.07) is 14.6. The molecule has 174 valence electrons. The van der Waals surface area contributed by atoms with E-state index in [0.717, 1.165) is 52.7 Å². The van der Waals surface area contributed by atoms with Crippen molar-refractivity contribution >= 4 is 39.8 Å². The van der Waals surface area contributed by atoms with Crippen LogP contribution in [0.1, 0.15) is 17.0 Å². The van der Waals surface area contributed by atoms with Gasteiger partial charge in [-0.1, -0.05) is 11.6 Å². The molecular weight excluding hydrogens is 453 g/mol. The number of benzene rings is 2. The van der Waals surface area contributed by atoms with Gasteiger partial charge in [0, 0.05) is 52.5 Å². The Hall–Kier alpha value is -3.29. The van der Waals surface area contributed by atoms with E-state index in [0.29, 0.717) is 36.6 Å². The normalized spacial score (nSPS) is 13.9. The van der Waals surface area contributed by atoms with Gasteiger partial charge in [-0.2, -0.15) is 0 Å². The fraction of sp³-hybridized carbons (Fsp3) is 0.269. The monoisotopic (exact) mass is 477 g/mol. The van der Waals surface area contributed by atoms with Crippen LogP contribution < -0.4 is 10.2 Å². The van der Waals surface area contributed by atoms with Gasteiger partial charge in [0.15, 0.2) is 0 Å². The highest BCUT2D eigenvalue weighted by molar-refractivity contribution is 6.31. The third-order valence-corrected chi connectivity index (χ3v) is 6.10. The van der Waals surface area contributed by atoms with Crippen LogP contribution in [0.15, 0.2) is 54.7 Å². The molecule has 0 spiro atoms. The van der Waals surface area contributed by atoms with Crippen LogP contribution in [-0.2, 0) is 17.6 Å². The minimum absolute atomic E-state index is 0.226. The Morgan fingerprint density at radius 2 is 1.88 bits per heavy atom. The highest BCUT2D eigenvalue weighted by atomic mass is 35.5. The van der Waals surface area contributed by atoms with Crippen LogP contribution in [0, 0.1) is 12.7 Å². The molecule has 34 heavy (non-hydrogen) atoms. The number of rotatable bonds is 6. The van der Waals surface area contributed by atoms with E-state index < -0.39 is 0 Å². The lowest BCUT2D eigenvalue weighted by atomic mass is 10.1. The van der Waals surface area contributed by atoms with Crippen molar-refractivity contribution in [2.45, 2.75) is 19.8 Å². The molecule has 1 N–H and O–H groups in total. The summed E-state index contributed by atoms with van der Waals surface area (Å²) in [6.07, 6.45) is 2.89. The zero-order valence-corrected chi connectivity index (χ0v) is 19.6. The maximum absolute atomic E-state index is 14.7. The number of hydrogen-bond acceptors (Lipinski definition) is 6. The second-order valence-corrected chi connectivity index (χ2v) is 8.79. The van der Waals surface area contributed by atoms with Gasteiger partial charge in [-0.25, -0.2) is 14.4 Å². The molecule has 3 heterocycles. The molecule has 0 saturated carbocycles. The van der Waals surface area contributed by atoms with Gasteiger partial charge in [0.25, 0.3) is 0 Å². The van der Waals surface area contributed by atoms with Crippen molar-refractivity contribution in [3.05, 3.63) is 82.5 Å². The summed E-state index contributed by atoms with van der Waals surface area (Å²) in [6.45, 7) is 4.88. The van der Waals surface area contributed by atoms with Crippen LogP contribution in [0.5, 0.6) is 0 Å². The molecule has 2 aromatic heterocycles. The Kier molecular flexibility index (Phi) is 6.56. The Morgan fingerprint density at radius 1 is 1.03 bits per heavy atom. The lowest BCUT2D eigenvalue weighted by Gasteiger charge is -2.27. The van der Waals surface area contributed by atoms with Crippen LogP contribution in [0.4, 0.5) is 21.7 Å². The van der Waals surface area contributed by atoms with Gasteiger partial charge in [-0.3, -0.25) is 4.98 Å². The summed E-state index contributed by atoms with van der Waals surface area (Å²) in [7, 11) is 0. The average molecular weight is 478 g/mol. The molecule has 6 nitrogen and oxygen atoms in total. The topological polar surface area (TPSA) is 63.2 Å². The molecule has 4 aromatic rings. The highest BCUT2D eigenvalue weighted by Crippen LogP contribution is 2.28. The number of nitrogens with zero attached hydrogens (tertiary/aromatic N) is 4. The SMILES string of the molecule is Cc1cc(CCc2cc(Nc3ccnc4cc(Cl)ccc34)ccc2F)nc(N2CCOCC2)n1. The first kappa shape index (κ1) is 22.5. The fourth-order valence-corrected chi connectivity index (χ4v) is 4.31. The third-order valence-electron chi connectivity index (χ3n) is 5.87. The van der Waals surface area contributed by atoms with Crippen molar-refractivity contribution in [2.75, 3.05) is 36.5 Å². The number of aromatic nitrogens is 3. The lowest BCUT2D eigenvalue weighted by Crippen LogP contribution is -2.37. The number of hydrogen-bond donors (Lipinski definition) is 1. The molecular formula is C26H25ClFN5O. The zero-order chi connectivity index (χ0) is 23.5. The molecule has 1 aliphatic rings. The van der Waals surface area contributed by atoms with Crippen molar-refractivity contribution < 1.29 is 9.13 Å². The van der Waals surface area contributed by atoms with Crippen LogP contribution in [0.2, 0.25) is 5.02 Å². The number of pyridine rings is 1. The van der Waals surface area contributed by atoms with E-state index in [1.807, 2.05) is 43.3 Å². The molecule has 8 heteroatoms. The molecule has 0 bridgehead atoms. The van der Waals surface area contributed by atoms with Crippen LogP contribution in [0.3, 0.4) is 0 Å². The predicted molar refractivity (Wildman–Crippen MR) is 134 cm³/mol. The van der Waals surface area contributed by atoms with Crippen LogP contribution in [0.25, 0.3) is 10.9 Å². The summed E-state index contributed by atoms with van der Waals surface area (Å²) in [5.41, 5.74) is 4.95. The van der Waals surface area contributed by atoms with E-state index in [1.165, 1.54) is 6.07 Å². The second kappa shape index (κ2) is 9.91. The molecule has 5 rings (SSSR count). The van der Waals surface area contributed by atoms with Crippen molar-refractivity contribution in [3.8, 4) is 0 Å². The number of aryl methyl sites for hydroxylation is 3. The number of nitrogens with one attached hydrogen (secondary N) is 1. The zero-order valence-electron chi connectivity index (χ0n) is 18.9. The van der Waals surface area contributed by atoms with E-state index in [4.69, 9.17) is 21.3 Å². The Labute approximate surface area is 202 Å². The first-order valence-corrected chi connectivity index (χ1v) is 11.7. The predicted octanol–water partition coefficient (Wildman–Crippen LogP) is 5.49. The van der Waals surface area contributed by atoms with Crippen molar-refractivity contribution in [2.24, 2.45) is 0 Å². The second-order valence-electron chi connectivity index (χ2n) is 8.35. The Bertz CT molecular complexity index is 1330. The van der Waals surface area contributed by atoms with Gasteiger partial charge in [-0.15, -0.1) is 0 Å². The summed E-state index contributed by atoms with van der Waals surface area (Å²) in [5, 5.41) is 4.99. The lowest BCUT2D eigenvalue weighted by molar-refractivity contribution is 0.122. The molecule has 2 aromatic carbocycles. The third kappa shape index (κ3) is 5.11.